The van der Waals surface area contributed by atoms with Crippen LogP contribution >= 0.6 is 23.2 Å². The molecule has 0 saturated heterocycles. The molecule has 0 amide bonds. The fraction of sp³-hybridized carbons (Fsp3) is 0.174. The first kappa shape index (κ1) is 20.2. The van der Waals surface area contributed by atoms with E-state index in [4.69, 9.17) is 32.7 Å². The summed E-state index contributed by atoms with van der Waals surface area (Å²) < 4.78 is 11.4. The van der Waals surface area contributed by atoms with Gasteiger partial charge in [-0.15, -0.1) is 0 Å². The van der Waals surface area contributed by atoms with Gasteiger partial charge in [-0.05, 0) is 66.9 Å². The van der Waals surface area contributed by atoms with Gasteiger partial charge >= 0.3 is 0 Å². The molecule has 0 aliphatic carbocycles. The second-order valence-corrected chi connectivity index (χ2v) is 7.33. The molecule has 0 N–H and O–H groups in total. The van der Waals surface area contributed by atoms with Crippen molar-refractivity contribution in [1.29, 1.82) is 0 Å². The van der Waals surface area contributed by atoms with Crippen LogP contribution in [-0.4, -0.2) is 13.3 Å². The highest BCUT2D eigenvalue weighted by molar-refractivity contribution is 6.35. The summed E-state index contributed by atoms with van der Waals surface area (Å²) in [5.41, 5.74) is 5.05. The molecule has 0 radical (unpaired) electrons. The number of aryl methyl sites for hydroxylation is 2. The molecule has 0 unspecified atom stereocenters. The third-order valence-corrected chi connectivity index (χ3v) is 4.89. The van der Waals surface area contributed by atoms with Gasteiger partial charge in [-0.1, -0.05) is 41.4 Å². The zero-order valence-electron chi connectivity index (χ0n) is 16.0. The van der Waals surface area contributed by atoms with Crippen LogP contribution in [0.5, 0.6) is 11.5 Å². The number of hydrogen-bond acceptors (Lipinski definition) is 3. The highest BCUT2D eigenvalue weighted by atomic mass is 35.5. The van der Waals surface area contributed by atoms with E-state index in [2.05, 4.69) is 30.1 Å². The summed E-state index contributed by atoms with van der Waals surface area (Å²) in [5.74, 6) is 1.27. The van der Waals surface area contributed by atoms with Crippen LogP contribution in [0.25, 0.3) is 0 Å². The maximum atomic E-state index is 6.20. The number of nitrogens with zero attached hydrogens (tertiary/aromatic N) is 1. The summed E-state index contributed by atoms with van der Waals surface area (Å²) >= 11 is 12.1. The van der Waals surface area contributed by atoms with Gasteiger partial charge < -0.3 is 9.47 Å². The van der Waals surface area contributed by atoms with Gasteiger partial charge in [0.25, 0.3) is 0 Å². The van der Waals surface area contributed by atoms with Crippen LogP contribution in [0.4, 0.5) is 5.69 Å². The lowest BCUT2D eigenvalue weighted by Crippen LogP contribution is -1.99. The molecule has 0 fully saturated rings. The van der Waals surface area contributed by atoms with E-state index in [0.717, 1.165) is 22.4 Å². The van der Waals surface area contributed by atoms with Crippen LogP contribution in [0.1, 0.15) is 22.3 Å². The highest BCUT2D eigenvalue weighted by Crippen LogP contribution is 2.30. The van der Waals surface area contributed by atoms with E-state index < -0.39 is 0 Å². The van der Waals surface area contributed by atoms with Gasteiger partial charge in [0.1, 0.15) is 6.61 Å². The lowest BCUT2D eigenvalue weighted by Gasteiger charge is -2.12. The Kier molecular flexibility index (Phi) is 6.61. The second-order valence-electron chi connectivity index (χ2n) is 6.48. The molecule has 3 rings (SSSR count). The first-order valence-corrected chi connectivity index (χ1v) is 9.58. The van der Waals surface area contributed by atoms with Crippen LogP contribution < -0.4 is 9.47 Å². The molecule has 0 atom stereocenters. The summed E-state index contributed by atoms with van der Waals surface area (Å²) in [5, 5.41) is 1.17. The van der Waals surface area contributed by atoms with Gasteiger partial charge in [-0.2, -0.15) is 0 Å². The Morgan fingerprint density at radius 3 is 2.50 bits per heavy atom. The quantitative estimate of drug-likeness (QED) is 0.409. The molecule has 0 spiro atoms. The fourth-order valence-corrected chi connectivity index (χ4v) is 3.14. The van der Waals surface area contributed by atoms with Crippen molar-refractivity contribution in [3.8, 4) is 11.5 Å². The van der Waals surface area contributed by atoms with Crippen molar-refractivity contribution in [3.05, 3.63) is 86.9 Å². The zero-order chi connectivity index (χ0) is 20.1. The Bertz CT molecular complexity index is 1020. The van der Waals surface area contributed by atoms with E-state index in [1.54, 1.807) is 19.2 Å². The van der Waals surface area contributed by atoms with Gasteiger partial charge in [0.2, 0.25) is 0 Å². The summed E-state index contributed by atoms with van der Waals surface area (Å²) in [6, 6.07) is 17.3. The van der Waals surface area contributed by atoms with Crippen LogP contribution in [-0.2, 0) is 6.61 Å². The Labute approximate surface area is 175 Å². The average Bonchev–Trinajstić information content (AvgIpc) is 2.68. The molecular formula is C23H21Cl2NO2. The summed E-state index contributed by atoms with van der Waals surface area (Å²) in [7, 11) is 1.61. The Morgan fingerprint density at radius 1 is 0.929 bits per heavy atom. The smallest absolute Gasteiger partial charge is 0.161 e. The van der Waals surface area contributed by atoms with Crippen molar-refractivity contribution in [2.45, 2.75) is 20.5 Å². The number of benzene rings is 3. The standard InChI is InChI=1S/C23H21Cl2NO2/c1-15-4-5-16(2)21(10-15)26-13-17-6-9-22(23(11-17)27-3)28-14-18-7-8-19(24)12-20(18)25/h4-13H,14H2,1-3H3. The van der Waals surface area contributed by atoms with Crippen LogP contribution in [0.2, 0.25) is 10.0 Å². The Balaban J connectivity index is 1.76. The van der Waals surface area contributed by atoms with Gasteiger partial charge in [0, 0.05) is 21.8 Å². The average molecular weight is 414 g/mol. The number of methoxy groups -OCH3 is 1. The first-order chi connectivity index (χ1) is 13.5. The summed E-state index contributed by atoms with van der Waals surface area (Å²) in [4.78, 5) is 4.60. The van der Waals surface area contributed by atoms with Crippen LogP contribution in [0.15, 0.2) is 59.6 Å². The van der Waals surface area contributed by atoms with Crippen molar-refractivity contribution in [1.82, 2.24) is 0 Å². The summed E-state index contributed by atoms with van der Waals surface area (Å²) in [6.07, 6.45) is 1.82. The molecule has 3 aromatic carbocycles. The fourth-order valence-electron chi connectivity index (χ4n) is 2.68. The van der Waals surface area contributed by atoms with E-state index in [1.807, 2.05) is 37.4 Å². The predicted octanol–water partition coefficient (Wildman–Crippen LogP) is 6.95. The summed E-state index contributed by atoms with van der Waals surface area (Å²) in [6.45, 7) is 4.42. The van der Waals surface area contributed by atoms with Gasteiger partial charge in [-0.25, -0.2) is 0 Å². The molecule has 0 saturated carbocycles. The monoisotopic (exact) mass is 413 g/mol. The maximum absolute atomic E-state index is 6.20. The molecule has 28 heavy (non-hydrogen) atoms. The molecule has 0 heterocycles. The van der Waals surface area contributed by atoms with Crippen LogP contribution in [0.3, 0.4) is 0 Å². The third kappa shape index (κ3) is 5.06. The molecule has 0 bridgehead atoms. The zero-order valence-corrected chi connectivity index (χ0v) is 17.5. The normalized spacial score (nSPS) is 11.0. The van der Waals surface area contributed by atoms with Crippen LogP contribution in [0, 0.1) is 13.8 Å². The van der Waals surface area contributed by atoms with Crippen molar-refractivity contribution >= 4 is 35.1 Å². The molecule has 3 aromatic rings. The third-order valence-electron chi connectivity index (χ3n) is 4.30. The molecule has 144 valence electrons. The number of ether oxygens (including phenoxy) is 2. The van der Waals surface area contributed by atoms with Gasteiger partial charge in [0.15, 0.2) is 11.5 Å². The van der Waals surface area contributed by atoms with Crippen molar-refractivity contribution < 1.29 is 9.47 Å². The molecule has 0 aliphatic heterocycles. The molecule has 0 aliphatic rings. The van der Waals surface area contributed by atoms with Crippen molar-refractivity contribution in [2.24, 2.45) is 4.99 Å². The number of aliphatic imine (C=N–C) groups is 1. The number of hydrogen-bond donors (Lipinski definition) is 0. The topological polar surface area (TPSA) is 30.8 Å². The molecule has 0 aromatic heterocycles. The predicted molar refractivity (Wildman–Crippen MR) is 117 cm³/mol. The molecular weight excluding hydrogens is 393 g/mol. The van der Waals surface area contributed by atoms with E-state index in [9.17, 15) is 0 Å². The molecule has 3 nitrogen and oxygen atoms in total. The number of rotatable bonds is 6. The van der Waals surface area contributed by atoms with E-state index in [-0.39, 0.29) is 0 Å². The lowest BCUT2D eigenvalue weighted by molar-refractivity contribution is 0.284. The maximum Gasteiger partial charge on any atom is 0.161 e. The SMILES string of the molecule is COc1cc(C=Nc2cc(C)ccc2C)ccc1OCc1ccc(Cl)cc1Cl. The van der Waals surface area contributed by atoms with E-state index >= 15 is 0 Å². The number of halogens is 2. The highest BCUT2D eigenvalue weighted by Gasteiger charge is 2.08. The minimum atomic E-state index is 0.322. The lowest BCUT2D eigenvalue weighted by atomic mass is 10.1. The Hall–Kier alpha value is -2.49. The Morgan fingerprint density at radius 2 is 1.75 bits per heavy atom. The first-order valence-electron chi connectivity index (χ1n) is 8.82. The minimum Gasteiger partial charge on any atom is -0.493 e. The molecule has 5 heteroatoms. The van der Waals surface area contributed by atoms with Crippen molar-refractivity contribution in [3.63, 3.8) is 0 Å². The van der Waals surface area contributed by atoms with Gasteiger partial charge in [-0.3, -0.25) is 4.99 Å². The van der Waals surface area contributed by atoms with E-state index in [0.29, 0.717) is 28.2 Å². The second kappa shape index (κ2) is 9.13. The van der Waals surface area contributed by atoms with Crippen molar-refractivity contribution in [2.75, 3.05) is 7.11 Å². The van der Waals surface area contributed by atoms with Gasteiger partial charge in [0.05, 0.1) is 12.8 Å². The van der Waals surface area contributed by atoms with E-state index in [1.165, 1.54) is 5.56 Å². The minimum absolute atomic E-state index is 0.322. The largest absolute Gasteiger partial charge is 0.493 e.